The lowest BCUT2D eigenvalue weighted by Crippen LogP contribution is -2.36. The maximum absolute atomic E-state index is 13.7. The number of carbonyl (C=O) groups excluding carboxylic acids is 2. The van der Waals surface area contributed by atoms with E-state index in [1.807, 2.05) is 29.8 Å². The third-order valence-corrected chi connectivity index (χ3v) is 12.3. The van der Waals surface area contributed by atoms with Gasteiger partial charge in [0.05, 0.1) is 33.0 Å². The molecule has 2 aromatic heterocycles. The number of imidazole rings is 1. The molecule has 4 heterocycles. The molecule has 7 rings (SSSR count). The molecule has 0 bridgehead atoms. The minimum atomic E-state index is -0.670. The quantitative estimate of drug-likeness (QED) is 0.150. The summed E-state index contributed by atoms with van der Waals surface area (Å²) in [5.74, 6) is -0.719. The fourth-order valence-electron chi connectivity index (χ4n) is 8.10. The highest BCUT2D eigenvalue weighted by atomic mass is 35.5. The standard InChI is InChI=1S/C41H47Cl2N7O4/c1-24(2)50-19-15-27-20-33(44-21-28(27)22-50)39(51)46-31-8-4-6-29(36(31)42)30-7-5-9-32(37(30)43)47-40(52)38-45-34-23-49(18-16-35(34)48(38)3)17-14-25-10-12-26(13-11-25)41(53)54/h4-9,20-21,24-26H,10-19,22-23H2,1-3H3,(H,46,51)(H,47,52)(H,53,54). The van der Waals surface area contributed by atoms with Crippen LogP contribution in [0.15, 0.2) is 48.7 Å². The van der Waals surface area contributed by atoms with Crippen LogP contribution in [-0.4, -0.2) is 72.9 Å². The molecule has 11 nitrogen and oxygen atoms in total. The van der Waals surface area contributed by atoms with Crippen LogP contribution in [0, 0.1) is 11.8 Å². The lowest BCUT2D eigenvalue weighted by Gasteiger charge is -2.31. The third-order valence-electron chi connectivity index (χ3n) is 11.5. The zero-order chi connectivity index (χ0) is 38.1. The molecule has 0 unspecified atom stereocenters. The second kappa shape index (κ2) is 16.2. The highest BCUT2D eigenvalue weighted by Gasteiger charge is 2.29. The summed E-state index contributed by atoms with van der Waals surface area (Å²) in [5, 5.41) is 15.8. The maximum Gasteiger partial charge on any atom is 0.306 e. The minimum absolute atomic E-state index is 0.196. The van der Waals surface area contributed by atoms with Crippen LogP contribution in [-0.2, 0) is 37.8 Å². The Morgan fingerprint density at radius 3 is 2.20 bits per heavy atom. The van der Waals surface area contributed by atoms with Crippen LogP contribution in [0.1, 0.15) is 89.6 Å². The number of fused-ring (bicyclic) bond motifs is 2. The topological polar surface area (TPSA) is 133 Å². The first-order valence-electron chi connectivity index (χ1n) is 18.9. The van der Waals surface area contributed by atoms with Crippen LogP contribution in [0.2, 0.25) is 10.0 Å². The molecular weight excluding hydrogens is 725 g/mol. The van der Waals surface area contributed by atoms with Gasteiger partial charge in [-0.1, -0.05) is 47.5 Å². The maximum atomic E-state index is 13.7. The Morgan fingerprint density at radius 2 is 1.56 bits per heavy atom. The van der Waals surface area contributed by atoms with E-state index in [0.29, 0.717) is 62.6 Å². The number of aromatic nitrogens is 3. The number of nitrogens with zero attached hydrogens (tertiary/aromatic N) is 5. The molecule has 2 aliphatic heterocycles. The minimum Gasteiger partial charge on any atom is -0.481 e. The number of amides is 2. The van der Waals surface area contributed by atoms with E-state index < -0.39 is 5.97 Å². The van der Waals surface area contributed by atoms with Crippen molar-refractivity contribution in [3.8, 4) is 11.1 Å². The van der Waals surface area contributed by atoms with E-state index in [9.17, 15) is 19.5 Å². The zero-order valence-electron chi connectivity index (χ0n) is 31.0. The second-order valence-corrected chi connectivity index (χ2v) is 15.9. The summed E-state index contributed by atoms with van der Waals surface area (Å²) in [6.45, 7) is 8.60. The number of pyridine rings is 1. The number of carbonyl (C=O) groups is 3. The number of benzene rings is 2. The van der Waals surface area contributed by atoms with Crippen molar-refractivity contribution in [3.63, 3.8) is 0 Å². The van der Waals surface area contributed by atoms with Crippen molar-refractivity contribution < 1.29 is 19.5 Å². The van der Waals surface area contributed by atoms with Crippen molar-refractivity contribution in [1.29, 1.82) is 0 Å². The van der Waals surface area contributed by atoms with E-state index in [1.54, 1.807) is 30.5 Å². The molecule has 3 aliphatic rings. The highest BCUT2D eigenvalue weighted by Crippen LogP contribution is 2.40. The van der Waals surface area contributed by atoms with E-state index in [4.69, 9.17) is 28.2 Å². The first-order chi connectivity index (χ1) is 26.0. The molecule has 1 aliphatic carbocycles. The number of rotatable bonds is 10. The summed E-state index contributed by atoms with van der Waals surface area (Å²) in [6, 6.07) is 13.0. The number of hydrogen-bond donors (Lipinski definition) is 3. The fraction of sp³-hybridized carbons (Fsp3) is 0.439. The van der Waals surface area contributed by atoms with Crippen LogP contribution < -0.4 is 10.6 Å². The van der Waals surface area contributed by atoms with E-state index >= 15 is 0 Å². The van der Waals surface area contributed by atoms with Gasteiger partial charge in [-0.25, -0.2) is 4.98 Å². The zero-order valence-corrected chi connectivity index (χ0v) is 32.5. The molecule has 4 aromatic rings. The lowest BCUT2D eigenvalue weighted by molar-refractivity contribution is -0.143. The number of carboxylic acid groups (broad SMARTS) is 1. The van der Waals surface area contributed by atoms with E-state index in [1.165, 1.54) is 0 Å². The molecule has 13 heteroatoms. The van der Waals surface area contributed by atoms with Crippen LogP contribution in [0.4, 0.5) is 11.4 Å². The molecule has 1 saturated carbocycles. The van der Waals surface area contributed by atoms with Crippen LogP contribution >= 0.6 is 23.2 Å². The molecule has 1 fully saturated rings. The molecule has 2 aromatic carbocycles. The Kier molecular flexibility index (Phi) is 11.4. The fourth-order valence-corrected chi connectivity index (χ4v) is 8.65. The normalized spacial score (nSPS) is 18.9. The number of halogens is 2. The molecule has 54 heavy (non-hydrogen) atoms. The number of aliphatic carboxylic acids is 1. The number of anilines is 2. The molecule has 0 atom stereocenters. The highest BCUT2D eigenvalue weighted by molar-refractivity contribution is 6.40. The summed E-state index contributed by atoms with van der Waals surface area (Å²) in [5.41, 5.74) is 6.60. The Morgan fingerprint density at radius 1 is 0.889 bits per heavy atom. The van der Waals surface area contributed by atoms with E-state index in [2.05, 4.69) is 39.3 Å². The summed E-state index contributed by atoms with van der Waals surface area (Å²) in [7, 11) is 1.87. The van der Waals surface area contributed by atoms with Crippen molar-refractivity contribution in [3.05, 3.63) is 92.7 Å². The smallest absolute Gasteiger partial charge is 0.306 e. The van der Waals surface area contributed by atoms with Gasteiger partial charge in [0.2, 0.25) is 0 Å². The van der Waals surface area contributed by atoms with Gasteiger partial charge in [0.1, 0.15) is 5.69 Å². The molecular formula is C41H47Cl2N7O4. The van der Waals surface area contributed by atoms with Gasteiger partial charge in [-0.3, -0.25) is 29.2 Å². The molecule has 3 N–H and O–H groups in total. The third kappa shape index (κ3) is 8.05. The summed E-state index contributed by atoms with van der Waals surface area (Å²) in [4.78, 5) is 52.3. The lowest BCUT2D eigenvalue weighted by atomic mass is 9.80. The van der Waals surface area contributed by atoms with Crippen LogP contribution in [0.5, 0.6) is 0 Å². The number of nitrogens with one attached hydrogen (secondary N) is 2. The van der Waals surface area contributed by atoms with Crippen molar-refractivity contribution in [2.45, 2.75) is 77.9 Å². The Hall–Kier alpha value is -4.29. The van der Waals surface area contributed by atoms with Crippen LogP contribution in [0.3, 0.4) is 0 Å². The predicted molar refractivity (Wildman–Crippen MR) is 211 cm³/mol. The van der Waals surface area contributed by atoms with Gasteiger partial charge >= 0.3 is 5.97 Å². The van der Waals surface area contributed by atoms with E-state index in [0.717, 1.165) is 93.6 Å². The average molecular weight is 773 g/mol. The molecule has 0 spiro atoms. The Bertz CT molecular complexity index is 2070. The molecule has 0 radical (unpaired) electrons. The first-order valence-corrected chi connectivity index (χ1v) is 19.6. The first kappa shape index (κ1) is 38.0. The van der Waals surface area contributed by atoms with Crippen molar-refractivity contribution in [1.82, 2.24) is 24.3 Å². The van der Waals surface area contributed by atoms with Gasteiger partial charge in [-0.05, 0) is 94.2 Å². The summed E-state index contributed by atoms with van der Waals surface area (Å²) < 4.78 is 1.87. The largest absolute Gasteiger partial charge is 0.481 e. The predicted octanol–water partition coefficient (Wildman–Crippen LogP) is 7.70. The number of hydrogen-bond acceptors (Lipinski definition) is 7. The molecule has 284 valence electrons. The van der Waals surface area contributed by atoms with Gasteiger partial charge in [-0.15, -0.1) is 0 Å². The Labute approximate surface area is 326 Å². The van der Waals surface area contributed by atoms with Crippen molar-refractivity contribution in [2.75, 3.05) is 30.3 Å². The van der Waals surface area contributed by atoms with Crippen LogP contribution in [0.25, 0.3) is 11.1 Å². The summed E-state index contributed by atoms with van der Waals surface area (Å²) >= 11 is 13.9. The average Bonchev–Trinajstić information content (AvgIpc) is 3.50. The summed E-state index contributed by atoms with van der Waals surface area (Å²) in [6.07, 6.45) is 7.95. The van der Waals surface area contributed by atoms with E-state index in [-0.39, 0.29) is 17.7 Å². The van der Waals surface area contributed by atoms with Gasteiger partial charge in [-0.2, -0.15) is 0 Å². The monoisotopic (exact) mass is 771 g/mol. The SMILES string of the molecule is CC(C)N1CCc2cc(C(=O)Nc3cccc(-c4cccc(NC(=O)c5nc6c(n5C)CCN(CCC5CCC(C(=O)O)CC5)C6)c4Cl)c3Cl)ncc2C1. The van der Waals surface area contributed by atoms with Gasteiger partial charge in [0, 0.05) is 68.7 Å². The molecule has 2 amide bonds. The number of carboxylic acids is 1. The second-order valence-electron chi connectivity index (χ2n) is 15.2. The van der Waals surface area contributed by atoms with Gasteiger partial charge in [0.15, 0.2) is 5.82 Å². The van der Waals surface area contributed by atoms with Crippen molar-refractivity contribution in [2.24, 2.45) is 18.9 Å². The Balaban J connectivity index is 1.00. The van der Waals surface area contributed by atoms with Gasteiger partial charge < -0.3 is 20.3 Å². The van der Waals surface area contributed by atoms with Gasteiger partial charge in [0.25, 0.3) is 11.8 Å². The van der Waals surface area contributed by atoms with Crippen molar-refractivity contribution >= 4 is 52.4 Å². The molecule has 0 saturated heterocycles.